The summed E-state index contributed by atoms with van der Waals surface area (Å²) in [6.45, 7) is 1.40. The van der Waals surface area contributed by atoms with E-state index >= 15 is 0 Å². The summed E-state index contributed by atoms with van der Waals surface area (Å²) in [5, 5.41) is 15.2. The maximum absolute atomic E-state index is 13.1. The Bertz CT molecular complexity index is 526. The van der Waals surface area contributed by atoms with E-state index in [1.54, 1.807) is 0 Å². The third kappa shape index (κ3) is 2.28. The second-order valence-electron chi connectivity index (χ2n) is 2.90. The van der Waals surface area contributed by atoms with Crippen molar-refractivity contribution in [2.75, 3.05) is 0 Å². The van der Waals surface area contributed by atoms with Crippen molar-refractivity contribution < 1.29 is 17.7 Å². The smallest absolute Gasteiger partial charge is 0.258 e. The van der Waals surface area contributed by atoms with Gasteiger partial charge in [-0.15, -0.1) is 0 Å². The summed E-state index contributed by atoms with van der Waals surface area (Å²) in [5.41, 5.74) is -0.884. The van der Waals surface area contributed by atoms with E-state index in [-0.39, 0.29) is 5.56 Å². The standard InChI is InChI=1S/C7H7FN2O4S/c1-4-2-5(8)7(10(11)12)6(3-4)15(9,13)14/h2-3H,1H3,(H2,9,13,14). The van der Waals surface area contributed by atoms with Crippen molar-refractivity contribution in [3.05, 3.63) is 33.6 Å². The van der Waals surface area contributed by atoms with Crippen molar-refractivity contribution in [1.82, 2.24) is 0 Å². The van der Waals surface area contributed by atoms with E-state index < -0.39 is 31.3 Å². The Morgan fingerprint density at radius 1 is 1.47 bits per heavy atom. The quantitative estimate of drug-likeness (QED) is 0.600. The van der Waals surface area contributed by atoms with Crippen molar-refractivity contribution in [1.29, 1.82) is 0 Å². The lowest BCUT2D eigenvalue weighted by atomic mass is 10.2. The van der Waals surface area contributed by atoms with Crippen LogP contribution in [-0.4, -0.2) is 13.3 Å². The fraction of sp³-hybridized carbons (Fsp3) is 0.143. The van der Waals surface area contributed by atoms with E-state index in [2.05, 4.69) is 0 Å². The molecule has 0 aliphatic rings. The van der Waals surface area contributed by atoms with Gasteiger partial charge in [-0.05, 0) is 24.6 Å². The molecule has 6 nitrogen and oxygen atoms in total. The fourth-order valence-corrected chi connectivity index (χ4v) is 1.89. The molecule has 0 aliphatic heterocycles. The minimum Gasteiger partial charge on any atom is -0.258 e. The van der Waals surface area contributed by atoms with Crippen LogP contribution in [0, 0.1) is 22.9 Å². The topological polar surface area (TPSA) is 103 Å². The number of primary sulfonamides is 1. The molecule has 0 radical (unpaired) electrons. The third-order valence-electron chi connectivity index (χ3n) is 1.66. The summed E-state index contributed by atoms with van der Waals surface area (Å²) in [7, 11) is -4.31. The highest BCUT2D eigenvalue weighted by Crippen LogP contribution is 2.27. The van der Waals surface area contributed by atoms with E-state index in [1.807, 2.05) is 0 Å². The average molecular weight is 234 g/mol. The van der Waals surface area contributed by atoms with Gasteiger partial charge >= 0.3 is 5.69 Å². The number of hydrogen-bond acceptors (Lipinski definition) is 4. The molecule has 0 spiro atoms. The summed E-state index contributed by atoms with van der Waals surface area (Å²) >= 11 is 0. The summed E-state index contributed by atoms with van der Waals surface area (Å²) in [5.74, 6) is -1.22. The van der Waals surface area contributed by atoms with Crippen LogP contribution in [0.1, 0.15) is 5.56 Å². The Hall–Kier alpha value is -1.54. The van der Waals surface area contributed by atoms with Crippen LogP contribution in [0.4, 0.5) is 10.1 Å². The Balaban J connectivity index is 3.70. The lowest BCUT2D eigenvalue weighted by Crippen LogP contribution is -2.15. The largest absolute Gasteiger partial charge is 0.324 e. The highest BCUT2D eigenvalue weighted by atomic mass is 32.2. The number of sulfonamides is 1. The summed E-state index contributed by atoms with van der Waals surface area (Å²) in [4.78, 5) is 8.51. The lowest BCUT2D eigenvalue weighted by molar-refractivity contribution is -0.390. The third-order valence-corrected chi connectivity index (χ3v) is 2.59. The van der Waals surface area contributed by atoms with Crippen LogP contribution in [0.5, 0.6) is 0 Å². The zero-order valence-corrected chi connectivity index (χ0v) is 8.41. The number of halogens is 1. The van der Waals surface area contributed by atoms with Gasteiger partial charge in [0.2, 0.25) is 15.8 Å². The minimum absolute atomic E-state index is 0.238. The fourth-order valence-electron chi connectivity index (χ4n) is 1.10. The van der Waals surface area contributed by atoms with E-state index in [0.717, 1.165) is 12.1 Å². The van der Waals surface area contributed by atoms with Crippen LogP contribution in [-0.2, 0) is 10.0 Å². The molecule has 0 saturated carbocycles. The van der Waals surface area contributed by atoms with Crippen LogP contribution in [0.2, 0.25) is 0 Å². The predicted octanol–water partition coefficient (Wildman–Crippen LogP) is 0.690. The molecule has 8 heteroatoms. The minimum atomic E-state index is -4.31. The van der Waals surface area contributed by atoms with Crippen LogP contribution in [0.3, 0.4) is 0 Å². The molecule has 0 aliphatic carbocycles. The Morgan fingerprint density at radius 3 is 2.40 bits per heavy atom. The first-order valence-electron chi connectivity index (χ1n) is 3.71. The van der Waals surface area contributed by atoms with E-state index in [1.165, 1.54) is 6.92 Å². The first-order valence-corrected chi connectivity index (χ1v) is 5.25. The number of nitro groups is 1. The monoisotopic (exact) mass is 234 g/mol. The molecule has 0 aromatic heterocycles. The molecule has 0 unspecified atom stereocenters. The van der Waals surface area contributed by atoms with Gasteiger partial charge in [-0.1, -0.05) is 0 Å². The Kier molecular flexibility index (Phi) is 2.73. The van der Waals surface area contributed by atoms with Crippen molar-refractivity contribution in [2.24, 2.45) is 5.14 Å². The number of benzene rings is 1. The molecule has 0 saturated heterocycles. The summed E-state index contributed by atoms with van der Waals surface area (Å²) in [6.07, 6.45) is 0. The molecule has 0 atom stereocenters. The maximum atomic E-state index is 13.1. The van der Waals surface area contributed by atoms with Crippen LogP contribution >= 0.6 is 0 Å². The zero-order chi connectivity index (χ0) is 11.8. The van der Waals surface area contributed by atoms with E-state index in [4.69, 9.17) is 5.14 Å². The number of nitro benzene ring substituents is 1. The molecule has 1 aromatic rings. The highest BCUT2D eigenvalue weighted by Gasteiger charge is 2.27. The predicted molar refractivity (Wildman–Crippen MR) is 49.2 cm³/mol. The Labute approximate surface area is 84.7 Å². The van der Waals surface area contributed by atoms with Gasteiger partial charge in [-0.2, -0.15) is 4.39 Å². The van der Waals surface area contributed by atoms with E-state index in [0.29, 0.717) is 0 Å². The van der Waals surface area contributed by atoms with Crippen molar-refractivity contribution in [2.45, 2.75) is 11.8 Å². The molecule has 0 amide bonds. The van der Waals surface area contributed by atoms with Crippen molar-refractivity contribution in [3.8, 4) is 0 Å². The molecule has 0 fully saturated rings. The van der Waals surface area contributed by atoms with Crippen LogP contribution < -0.4 is 5.14 Å². The molecule has 0 bridgehead atoms. The van der Waals surface area contributed by atoms with E-state index in [9.17, 15) is 22.9 Å². The number of hydrogen-bond donors (Lipinski definition) is 1. The molecule has 15 heavy (non-hydrogen) atoms. The zero-order valence-electron chi connectivity index (χ0n) is 7.60. The lowest BCUT2D eigenvalue weighted by Gasteiger charge is -2.02. The molecular weight excluding hydrogens is 227 g/mol. The molecule has 1 rings (SSSR count). The van der Waals surface area contributed by atoms with Gasteiger partial charge < -0.3 is 0 Å². The Morgan fingerprint density at radius 2 is 2.00 bits per heavy atom. The van der Waals surface area contributed by atoms with Crippen LogP contribution in [0.15, 0.2) is 17.0 Å². The molecule has 1 aromatic carbocycles. The van der Waals surface area contributed by atoms with Gasteiger partial charge in [0.15, 0.2) is 4.90 Å². The second-order valence-corrected chi connectivity index (χ2v) is 4.43. The van der Waals surface area contributed by atoms with Gasteiger partial charge in [0.25, 0.3) is 0 Å². The molecule has 2 N–H and O–H groups in total. The van der Waals surface area contributed by atoms with Crippen molar-refractivity contribution >= 4 is 15.7 Å². The molecule has 82 valence electrons. The average Bonchev–Trinajstić information content (AvgIpc) is 1.99. The number of nitrogens with zero attached hydrogens (tertiary/aromatic N) is 1. The van der Waals surface area contributed by atoms with Gasteiger partial charge in [0.05, 0.1) is 4.92 Å². The van der Waals surface area contributed by atoms with Crippen LogP contribution in [0.25, 0.3) is 0 Å². The van der Waals surface area contributed by atoms with Gasteiger partial charge in [0.1, 0.15) is 0 Å². The first kappa shape index (κ1) is 11.5. The first-order chi connectivity index (χ1) is 6.73. The highest BCUT2D eigenvalue weighted by molar-refractivity contribution is 7.89. The number of rotatable bonds is 2. The van der Waals surface area contributed by atoms with Gasteiger partial charge in [-0.3, -0.25) is 10.1 Å². The maximum Gasteiger partial charge on any atom is 0.324 e. The van der Waals surface area contributed by atoms with Crippen molar-refractivity contribution in [3.63, 3.8) is 0 Å². The summed E-state index contributed by atoms with van der Waals surface area (Å²) < 4.78 is 35.1. The second kappa shape index (κ2) is 3.55. The number of nitrogens with two attached hydrogens (primary N) is 1. The van der Waals surface area contributed by atoms with Gasteiger partial charge in [0, 0.05) is 0 Å². The molecular formula is C7H7FN2O4S. The van der Waals surface area contributed by atoms with Gasteiger partial charge in [-0.25, -0.2) is 13.6 Å². The normalized spacial score (nSPS) is 11.4. The SMILES string of the molecule is Cc1cc(F)c([N+](=O)[O-])c(S(N)(=O)=O)c1. The molecule has 0 heterocycles. The number of aryl methyl sites for hydroxylation is 1. The summed E-state index contributed by atoms with van der Waals surface area (Å²) in [6, 6.07) is 1.82.